The lowest BCUT2D eigenvalue weighted by Crippen LogP contribution is -2.28. The molecule has 3 aromatic rings. The number of pyridine rings is 2. The number of fused-ring (bicyclic) bond motifs is 1. The summed E-state index contributed by atoms with van der Waals surface area (Å²) in [6.07, 6.45) is 5.04. The fraction of sp³-hybridized carbons (Fsp3) is 0.286. The van der Waals surface area contributed by atoms with Crippen molar-refractivity contribution in [3.63, 3.8) is 0 Å². The van der Waals surface area contributed by atoms with Gasteiger partial charge < -0.3 is 14.6 Å². The first kappa shape index (κ1) is 19.7. The first-order valence-corrected chi connectivity index (χ1v) is 8.83. The normalized spacial score (nSPS) is 13.2. The van der Waals surface area contributed by atoms with Crippen LogP contribution in [0.15, 0.2) is 42.7 Å². The Morgan fingerprint density at radius 2 is 2.04 bits per heavy atom. The molecular weight excluding hydrogens is 358 g/mol. The van der Waals surface area contributed by atoms with Crippen molar-refractivity contribution in [3.8, 4) is 0 Å². The molecule has 0 saturated heterocycles. The van der Waals surface area contributed by atoms with E-state index in [-0.39, 0.29) is 5.69 Å². The van der Waals surface area contributed by atoms with Crippen molar-refractivity contribution in [1.29, 1.82) is 0 Å². The number of aliphatic hydroxyl groups is 1. The summed E-state index contributed by atoms with van der Waals surface area (Å²) >= 11 is 0. The molecule has 0 fully saturated rings. The number of carbonyl (C=O) groups excluding carboxylic acids is 1. The topological polar surface area (TPSA) is 86.5 Å². The summed E-state index contributed by atoms with van der Waals surface area (Å²) in [4.78, 5) is 21.2. The molecular formula is C21H23N3O4. The molecule has 1 unspecified atom stereocenters. The van der Waals surface area contributed by atoms with Gasteiger partial charge in [-0.1, -0.05) is 6.08 Å². The molecule has 0 aliphatic carbocycles. The molecule has 146 valence electrons. The monoisotopic (exact) mass is 381 g/mol. The minimum atomic E-state index is -1.25. The van der Waals surface area contributed by atoms with Crippen LogP contribution in [0.1, 0.15) is 44.0 Å². The number of carbonyl (C=O) groups is 1. The van der Waals surface area contributed by atoms with Crippen LogP contribution in [-0.4, -0.2) is 38.4 Å². The number of ether oxygens (including phenoxy) is 2. The molecule has 0 bridgehead atoms. The van der Waals surface area contributed by atoms with Crippen molar-refractivity contribution in [1.82, 2.24) is 14.5 Å². The van der Waals surface area contributed by atoms with Crippen LogP contribution in [0.4, 0.5) is 4.79 Å². The number of methoxy groups -OCH3 is 1. The fourth-order valence-electron chi connectivity index (χ4n) is 2.61. The van der Waals surface area contributed by atoms with Crippen molar-refractivity contribution in [2.45, 2.75) is 32.7 Å². The first-order chi connectivity index (χ1) is 13.3. The molecule has 7 nitrogen and oxygen atoms in total. The quantitative estimate of drug-likeness (QED) is 0.687. The van der Waals surface area contributed by atoms with E-state index in [1.54, 1.807) is 45.3 Å². The summed E-state index contributed by atoms with van der Waals surface area (Å²) in [7, 11) is 1.36. The Kier molecular flexibility index (Phi) is 5.58. The zero-order chi connectivity index (χ0) is 20.3. The molecule has 0 aliphatic rings. The van der Waals surface area contributed by atoms with Gasteiger partial charge in [-0.2, -0.15) is 0 Å². The van der Waals surface area contributed by atoms with Crippen LogP contribution in [-0.2, 0) is 9.47 Å². The zero-order valence-electron chi connectivity index (χ0n) is 16.3. The highest BCUT2D eigenvalue weighted by Crippen LogP contribution is 2.21. The molecule has 0 aliphatic heterocycles. The second kappa shape index (κ2) is 7.92. The minimum Gasteiger partial charge on any atom is -0.443 e. The zero-order valence-corrected chi connectivity index (χ0v) is 16.3. The smallest absolute Gasteiger partial charge is 0.418 e. The third kappa shape index (κ3) is 4.62. The van der Waals surface area contributed by atoms with Gasteiger partial charge in [0.15, 0.2) is 11.9 Å². The number of hydrogen-bond acceptors (Lipinski definition) is 6. The maximum absolute atomic E-state index is 12.5. The Labute approximate surface area is 163 Å². The number of hydrogen-bond donors (Lipinski definition) is 1. The van der Waals surface area contributed by atoms with E-state index in [1.165, 1.54) is 11.7 Å². The molecule has 3 heterocycles. The molecule has 0 aromatic carbocycles. The molecule has 0 saturated carbocycles. The molecule has 3 rings (SSSR count). The van der Waals surface area contributed by atoms with Crippen molar-refractivity contribution in [2.75, 3.05) is 7.11 Å². The van der Waals surface area contributed by atoms with Gasteiger partial charge in [0.05, 0.1) is 11.4 Å². The Bertz CT molecular complexity index is 1020. The van der Waals surface area contributed by atoms with Gasteiger partial charge in [0, 0.05) is 24.9 Å². The maximum Gasteiger partial charge on any atom is 0.418 e. The summed E-state index contributed by atoms with van der Waals surface area (Å²) in [6, 6.07) is 9.30. The van der Waals surface area contributed by atoms with Crippen LogP contribution < -0.4 is 0 Å². The van der Waals surface area contributed by atoms with Crippen molar-refractivity contribution < 1.29 is 19.4 Å². The van der Waals surface area contributed by atoms with Crippen molar-refractivity contribution in [2.24, 2.45) is 0 Å². The predicted octanol–water partition coefficient (Wildman–Crippen LogP) is 4.02. The van der Waals surface area contributed by atoms with E-state index in [1.807, 2.05) is 30.3 Å². The van der Waals surface area contributed by atoms with Crippen LogP contribution in [0.2, 0.25) is 0 Å². The lowest BCUT2D eigenvalue weighted by molar-refractivity contribution is -0.0819. The average molecular weight is 381 g/mol. The Balaban J connectivity index is 1.90. The molecule has 0 spiro atoms. The highest BCUT2D eigenvalue weighted by atomic mass is 16.6. The van der Waals surface area contributed by atoms with Gasteiger partial charge in [-0.05, 0) is 62.7 Å². The summed E-state index contributed by atoms with van der Waals surface area (Å²) in [5.41, 5.74) is 1.70. The lowest BCUT2D eigenvalue weighted by atomic mass is 10.2. The Morgan fingerprint density at radius 1 is 1.25 bits per heavy atom. The van der Waals surface area contributed by atoms with Crippen LogP contribution in [0.5, 0.6) is 0 Å². The third-order valence-corrected chi connectivity index (χ3v) is 3.87. The largest absolute Gasteiger partial charge is 0.443 e. The summed E-state index contributed by atoms with van der Waals surface area (Å²) in [6.45, 7) is 5.34. The van der Waals surface area contributed by atoms with E-state index in [0.717, 1.165) is 11.1 Å². The lowest BCUT2D eigenvalue weighted by Gasteiger charge is -2.21. The van der Waals surface area contributed by atoms with Crippen LogP contribution >= 0.6 is 0 Å². The van der Waals surface area contributed by atoms with Gasteiger partial charge in [-0.3, -0.25) is 4.57 Å². The molecule has 0 radical (unpaired) electrons. The highest BCUT2D eigenvalue weighted by Gasteiger charge is 2.23. The van der Waals surface area contributed by atoms with E-state index < -0.39 is 18.0 Å². The Morgan fingerprint density at radius 3 is 2.75 bits per heavy atom. The first-order valence-electron chi connectivity index (χ1n) is 8.83. The summed E-state index contributed by atoms with van der Waals surface area (Å²) in [5.74, 6) is 0. The van der Waals surface area contributed by atoms with Gasteiger partial charge >= 0.3 is 6.09 Å². The van der Waals surface area contributed by atoms with Gasteiger partial charge in [0.1, 0.15) is 5.60 Å². The van der Waals surface area contributed by atoms with Crippen LogP contribution in [0.25, 0.3) is 23.2 Å². The molecule has 3 aromatic heterocycles. The second-order valence-corrected chi connectivity index (χ2v) is 7.26. The van der Waals surface area contributed by atoms with Gasteiger partial charge in [-0.25, -0.2) is 14.8 Å². The number of aliphatic hydroxyl groups excluding tert-OH is 1. The van der Waals surface area contributed by atoms with Crippen LogP contribution in [0.3, 0.4) is 0 Å². The van der Waals surface area contributed by atoms with Crippen LogP contribution in [0, 0.1) is 0 Å². The SMILES string of the molecule is COC(O)c1cc(/C=C/c2ccc3cccnc3n2)cn1C(=O)OC(C)(C)C. The maximum atomic E-state index is 12.5. The number of aromatic nitrogens is 3. The average Bonchev–Trinajstić information content (AvgIpc) is 3.09. The van der Waals surface area contributed by atoms with E-state index in [0.29, 0.717) is 11.2 Å². The fourth-order valence-corrected chi connectivity index (χ4v) is 2.61. The Hall–Kier alpha value is -3.03. The minimum absolute atomic E-state index is 0.282. The van der Waals surface area contributed by atoms with E-state index in [9.17, 15) is 9.90 Å². The highest BCUT2D eigenvalue weighted by molar-refractivity contribution is 5.78. The second-order valence-electron chi connectivity index (χ2n) is 7.26. The van der Waals surface area contributed by atoms with E-state index >= 15 is 0 Å². The number of nitrogens with zero attached hydrogens (tertiary/aromatic N) is 3. The number of rotatable bonds is 4. The van der Waals surface area contributed by atoms with E-state index in [4.69, 9.17) is 9.47 Å². The van der Waals surface area contributed by atoms with Gasteiger partial charge in [0.2, 0.25) is 0 Å². The summed E-state index contributed by atoms with van der Waals surface area (Å²) < 4.78 is 11.6. The predicted molar refractivity (Wildman–Crippen MR) is 106 cm³/mol. The van der Waals surface area contributed by atoms with E-state index in [2.05, 4.69) is 9.97 Å². The van der Waals surface area contributed by atoms with Gasteiger partial charge in [0.25, 0.3) is 0 Å². The van der Waals surface area contributed by atoms with Crippen molar-refractivity contribution >= 4 is 29.3 Å². The molecule has 7 heteroatoms. The molecule has 1 N–H and O–H groups in total. The van der Waals surface area contributed by atoms with Gasteiger partial charge in [-0.15, -0.1) is 0 Å². The molecule has 0 amide bonds. The molecule has 28 heavy (non-hydrogen) atoms. The third-order valence-electron chi connectivity index (χ3n) is 3.87. The standard InChI is InChI=1S/C21H23N3O4/c1-21(2,3)28-20(26)24-13-14(12-17(24)19(25)27-4)7-9-16-10-8-15-6-5-11-22-18(15)23-16/h5-13,19,25H,1-4H3/b9-7+. The summed E-state index contributed by atoms with van der Waals surface area (Å²) in [5, 5.41) is 11.0. The van der Waals surface area contributed by atoms with Crippen molar-refractivity contribution in [3.05, 3.63) is 59.7 Å². The molecule has 1 atom stereocenters.